The van der Waals surface area contributed by atoms with Gasteiger partial charge in [0.05, 0.1) is 11.7 Å². The van der Waals surface area contributed by atoms with Crippen LogP contribution in [0.25, 0.3) is 11.1 Å². The van der Waals surface area contributed by atoms with E-state index in [1.807, 2.05) is 56.3 Å². The normalized spacial score (nSPS) is 10.4. The van der Waals surface area contributed by atoms with E-state index in [9.17, 15) is 9.59 Å². The molecule has 3 aromatic rings. The first-order valence-electron chi connectivity index (χ1n) is 9.06. The lowest BCUT2D eigenvalue weighted by molar-refractivity contribution is 0.0843. The molecule has 0 aromatic heterocycles. The number of hydrogen-bond acceptors (Lipinski definition) is 3. The predicted octanol–water partition coefficient (Wildman–Crippen LogP) is 4.22. The third-order valence-corrected chi connectivity index (χ3v) is 4.04. The summed E-state index contributed by atoms with van der Waals surface area (Å²) in [4.78, 5) is 24.7. The average molecular weight is 374 g/mol. The monoisotopic (exact) mass is 374 g/mol. The van der Waals surface area contributed by atoms with E-state index in [4.69, 9.17) is 4.74 Å². The lowest BCUT2D eigenvalue weighted by atomic mass is 10.0. The lowest BCUT2D eigenvalue weighted by Crippen LogP contribution is -2.41. The van der Waals surface area contributed by atoms with Crippen molar-refractivity contribution in [1.82, 2.24) is 10.9 Å². The number of amides is 2. The minimum atomic E-state index is -0.439. The number of ether oxygens (including phenoxy) is 1. The van der Waals surface area contributed by atoms with Gasteiger partial charge in [0.25, 0.3) is 11.8 Å². The Kier molecular flexibility index (Phi) is 6.07. The van der Waals surface area contributed by atoms with Gasteiger partial charge in [-0.1, -0.05) is 54.6 Å². The Morgan fingerprint density at radius 2 is 1.29 bits per heavy atom. The van der Waals surface area contributed by atoms with Crippen LogP contribution in [0.3, 0.4) is 0 Å². The van der Waals surface area contributed by atoms with Gasteiger partial charge in [-0.05, 0) is 49.2 Å². The van der Waals surface area contributed by atoms with Crippen molar-refractivity contribution in [3.05, 3.63) is 90.0 Å². The quantitative estimate of drug-likeness (QED) is 0.657. The first-order chi connectivity index (χ1) is 13.5. The first-order valence-corrected chi connectivity index (χ1v) is 9.06. The van der Waals surface area contributed by atoms with Crippen LogP contribution >= 0.6 is 0 Å². The number of hydrogen-bond donors (Lipinski definition) is 2. The largest absolute Gasteiger partial charge is 0.490 e. The summed E-state index contributed by atoms with van der Waals surface area (Å²) in [6, 6.07) is 24.0. The van der Waals surface area contributed by atoms with E-state index in [0.717, 1.165) is 11.1 Å². The molecule has 3 rings (SSSR count). The third kappa shape index (κ3) is 4.76. The molecule has 0 radical (unpaired) electrons. The zero-order valence-corrected chi connectivity index (χ0v) is 15.8. The highest BCUT2D eigenvalue weighted by molar-refractivity contribution is 6.00. The van der Waals surface area contributed by atoms with Crippen molar-refractivity contribution in [1.29, 1.82) is 0 Å². The second kappa shape index (κ2) is 8.86. The van der Waals surface area contributed by atoms with Crippen LogP contribution in [-0.2, 0) is 0 Å². The molecule has 0 unspecified atom stereocenters. The van der Waals surface area contributed by atoms with Crippen molar-refractivity contribution in [2.75, 3.05) is 0 Å². The standard InChI is InChI=1S/C23H22N2O3/c1-16(2)28-21-11-7-6-10-20(21)23(27)25-24-22(26)19-14-12-18(13-15-19)17-8-4-3-5-9-17/h3-16H,1-2H3,(H,24,26)(H,25,27). The van der Waals surface area contributed by atoms with Crippen molar-refractivity contribution < 1.29 is 14.3 Å². The molecule has 0 heterocycles. The summed E-state index contributed by atoms with van der Waals surface area (Å²) in [6.07, 6.45) is -0.0633. The van der Waals surface area contributed by atoms with Gasteiger partial charge in [-0.25, -0.2) is 0 Å². The van der Waals surface area contributed by atoms with E-state index in [1.165, 1.54) is 0 Å². The molecule has 0 bridgehead atoms. The fourth-order valence-corrected chi connectivity index (χ4v) is 2.71. The number of nitrogens with one attached hydrogen (secondary N) is 2. The summed E-state index contributed by atoms with van der Waals surface area (Å²) >= 11 is 0. The maximum Gasteiger partial charge on any atom is 0.273 e. The van der Waals surface area contributed by atoms with Gasteiger partial charge in [0.15, 0.2) is 0 Å². The molecule has 0 saturated carbocycles. The third-order valence-electron chi connectivity index (χ3n) is 4.04. The molecule has 0 aliphatic rings. The van der Waals surface area contributed by atoms with Gasteiger partial charge in [0, 0.05) is 5.56 Å². The van der Waals surface area contributed by atoms with Crippen LogP contribution in [0.1, 0.15) is 34.6 Å². The second-order valence-corrected chi connectivity index (χ2v) is 6.51. The van der Waals surface area contributed by atoms with Crippen LogP contribution in [0.4, 0.5) is 0 Å². The van der Waals surface area contributed by atoms with Crippen LogP contribution in [0, 0.1) is 0 Å². The van der Waals surface area contributed by atoms with Crippen LogP contribution in [-0.4, -0.2) is 17.9 Å². The summed E-state index contributed by atoms with van der Waals surface area (Å²) in [6.45, 7) is 3.77. The Labute approximate surface area is 164 Å². The molecule has 5 nitrogen and oxygen atoms in total. The van der Waals surface area contributed by atoms with Gasteiger partial charge in [0.1, 0.15) is 5.75 Å². The van der Waals surface area contributed by atoms with Gasteiger partial charge >= 0.3 is 0 Å². The Morgan fingerprint density at radius 3 is 1.96 bits per heavy atom. The molecule has 0 spiro atoms. The molecule has 3 aromatic carbocycles. The molecular weight excluding hydrogens is 352 g/mol. The molecule has 0 atom stereocenters. The summed E-state index contributed by atoms with van der Waals surface area (Å²) in [7, 11) is 0. The maximum absolute atomic E-state index is 12.4. The molecule has 0 saturated heterocycles. The zero-order valence-electron chi connectivity index (χ0n) is 15.8. The molecule has 2 N–H and O–H groups in total. The number of rotatable bonds is 5. The summed E-state index contributed by atoms with van der Waals surface area (Å²) in [5.74, 6) is -0.364. The van der Waals surface area contributed by atoms with Crippen LogP contribution in [0.15, 0.2) is 78.9 Å². The molecule has 0 aliphatic heterocycles. The number of benzene rings is 3. The Balaban J connectivity index is 1.63. The fourth-order valence-electron chi connectivity index (χ4n) is 2.71. The summed E-state index contributed by atoms with van der Waals surface area (Å²) < 4.78 is 5.64. The minimum absolute atomic E-state index is 0.0633. The van der Waals surface area contributed by atoms with Crippen molar-refractivity contribution in [2.45, 2.75) is 20.0 Å². The van der Waals surface area contributed by atoms with Gasteiger partial charge in [-0.3, -0.25) is 20.4 Å². The van der Waals surface area contributed by atoms with Gasteiger partial charge in [0.2, 0.25) is 0 Å². The van der Waals surface area contributed by atoms with E-state index in [2.05, 4.69) is 10.9 Å². The second-order valence-electron chi connectivity index (χ2n) is 6.51. The minimum Gasteiger partial charge on any atom is -0.490 e. The smallest absolute Gasteiger partial charge is 0.273 e. The first kappa shape index (κ1) is 19.2. The maximum atomic E-state index is 12.4. The Hall–Kier alpha value is -3.60. The lowest BCUT2D eigenvalue weighted by Gasteiger charge is -2.14. The predicted molar refractivity (Wildman–Crippen MR) is 109 cm³/mol. The van der Waals surface area contributed by atoms with Crippen molar-refractivity contribution >= 4 is 11.8 Å². The van der Waals surface area contributed by atoms with Crippen LogP contribution in [0.2, 0.25) is 0 Å². The summed E-state index contributed by atoms with van der Waals surface area (Å²) in [5.41, 5.74) is 7.78. The highest BCUT2D eigenvalue weighted by atomic mass is 16.5. The molecule has 28 heavy (non-hydrogen) atoms. The van der Waals surface area contributed by atoms with Crippen molar-refractivity contribution in [2.24, 2.45) is 0 Å². The number of para-hydroxylation sites is 1. The van der Waals surface area contributed by atoms with Crippen molar-refractivity contribution in [3.8, 4) is 16.9 Å². The Morgan fingerprint density at radius 1 is 0.714 bits per heavy atom. The van der Waals surface area contributed by atoms with Gasteiger partial charge in [-0.15, -0.1) is 0 Å². The van der Waals surface area contributed by atoms with Gasteiger partial charge < -0.3 is 4.74 Å². The van der Waals surface area contributed by atoms with Crippen molar-refractivity contribution in [3.63, 3.8) is 0 Å². The average Bonchev–Trinajstić information content (AvgIpc) is 2.72. The van der Waals surface area contributed by atoms with Crippen LogP contribution in [0.5, 0.6) is 5.75 Å². The van der Waals surface area contributed by atoms with E-state index in [-0.39, 0.29) is 6.10 Å². The molecule has 142 valence electrons. The number of carbonyl (C=O) groups is 2. The van der Waals surface area contributed by atoms with Gasteiger partial charge in [-0.2, -0.15) is 0 Å². The number of hydrazine groups is 1. The van der Waals surface area contributed by atoms with E-state index in [1.54, 1.807) is 36.4 Å². The summed E-state index contributed by atoms with van der Waals surface area (Å²) in [5, 5.41) is 0. The molecule has 0 fully saturated rings. The topological polar surface area (TPSA) is 67.4 Å². The Bertz CT molecular complexity index is 951. The number of carbonyl (C=O) groups excluding carboxylic acids is 2. The van der Waals surface area contributed by atoms with E-state index < -0.39 is 11.8 Å². The molecule has 5 heteroatoms. The molecular formula is C23H22N2O3. The van der Waals surface area contributed by atoms with E-state index in [0.29, 0.717) is 16.9 Å². The zero-order chi connectivity index (χ0) is 19.9. The molecule has 2 amide bonds. The van der Waals surface area contributed by atoms with Crippen LogP contribution < -0.4 is 15.6 Å². The van der Waals surface area contributed by atoms with E-state index >= 15 is 0 Å². The fraction of sp³-hybridized carbons (Fsp3) is 0.130. The SMILES string of the molecule is CC(C)Oc1ccccc1C(=O)NNC(=O)c1ccc(-c2ccccc2)cc1. The highest BCUT2D eigenvalue weighted by Crippen LogP contribution is 2.20. The highest BCUT2D eigenvalue weighted by Gasteiger charge is 2.14. The molecule has 0 aliphatic carbocycles.